The Balaban J connectivity index is 1.44. The van der Waals surface area contributed by atoms with Crippen molar-refractivity contribution in [2.24, 2.45) is 0 Å². The van der Waals surface area contributed by atoms with Gasteiger partial charge in [-0.05, 0) is 69.9 Å². The van der Waals surface area contributed by atoms with Crippen molar-refractivity contribution in [2.45, 2.75) is 33.1 Å². The summed E-state index contributed by atoms with van der Waals surface area (Å²) in [6.45, 7) is 5.62. The molecule has 0 saturated heterocycles. The van der Waals surface area contributed by atoms with Crippen LogP contribution in [0, 0.1) is 13.8 Å². The van der Waals surface area contributed by atoms with Crippen LogP contribution in [0.3, 0.4) is 0 Å². The minimum absolute atomic E-state index is 0.0884. The van der Waals surface area contributed by atoms with E-state index in [2.05, 4.69) is 15.1 Å². The van der Waals surface area contributed by atoms with Crippen LogP contribution in [0.2, 0.25) is 0 Å². The summed E-state index contributed by atoms with van der Waals surface area (Å²) in [4.78, 5) is 26.0. The minimum atomic E-state index is -4.42. The highest BCUT2D eigenvalue weighted by Gasteiger charge is 2.32. The fourth-order valence-corrected chi connectivity index (χ4v) is 4.58. The Kier molecular flexibility index (Phi) is 5.78. The molecule has 186 valence electrons. The second kappa shape index (κ2) is 8.70. The van der Waals surface area contributed by atoms with E-state index in [1.54, 1.807) is 9.58 Å². The van der Waals surface area contributed by atoms with Crippen molar-refractivity contribution in [1.82, 2.24) is 24.6 Å². The van der Waals surface area contributed by atoms with Gasteiger partial charge in [0, 0.05) is 41.5 Å². The maximum Gasteiger partial charge on any atom is 0.416 e. The second-order valence-corrected chi connectivity index (χ2v) is 9.30. The van der Waals surface area contributed by atoms with E-state index in [-0.39, 0.29) is 5.91 Å². The van der Waals surface area contributed by atoms with Crippen molar-refractivity contribution in [2.75, 3.05) is 25.5 Å². The first kappa shape index (κ1) is 23.9. The fourth-order valence-electron chi connectivity index (χ4n) is 4.58. The molecule has 0 bridgehead atoms. The average molecular weight is 495 g/mol. The molecule has 1 amide bonds. The first-order valence-electron chi connectivity index (χ1n) is 11.5. The molecule has 1 aliphatic heterocycles. The number of hydrogen-bond donors (Lipinski definition) is 0. The number of fused-ring (bicyclic) bond motifs is 2. The number of halogens is 3. The van der Waals surface area contributed by atoms with E-state index >= 15 is 0 Å². The predicted octanol–water partition coefficient (Wildman–Crippen LogP) is 4.85. The van der Waals surface area contributed by atoms with E-state index in [1.807, 2.05) is 51.0 Å². The predicted molar refractivity (Wildman–Crippen MR) is 131 cm³/mol. The lowest BCUT2D eigenvalue weighted by Crippen LogP contribution is -2.41. The SMILES string of the molecule is Cc1cc(-c2ncc3cc(C(F)(F)F)ccc3n2)ccc1N1CCn2nc(CN(C)C)c(C)c2C1=O. The van der Waals surface area contributed by atoms with Crippen LogP contribution in [-0.2, 0) is 19.3 Å². The minimum Gasteiger partial charge on any atom is -0.305 e. The normalized spacial score (nSPS) is 14.1. The number of carbonyl (C=O) groups excluding carboxylic acids is 1. The summed E-state index contributed by atoms with van der Waals surface area (Å²) in [6.07, 6.45) is -3.02. The Hall–Kier alpha value is -3.79. The van der Waals surface area contributed by atoms with Gasteiger partial charge in [-0.1, -0.05) is 0 Å². The van der Waals surface area contributed by atoms with Crippen LogP contribution < -0.4 is 4.90 Å². The van der Waals surface area contributed by atoms with E-state index in [0.29, 0.717) is 42.1 Å². The summed E-state index contributed by atoms with van der Waals surface area (Å²) >= 11 is 0. The molecule has 0 N–H and O–H groups in total. The Morgan fingerprint density at radius 2 is 1.83 bits per heavy atom. The lowest BCUT2D eigenvalue weighted by Gasteiger charge is -2.29. The summed E-state index contributed by atoms with van der Waals surface area (Å²) < 4.78 is 40.8. The van der Waals surface area contributed by atoms with Gasteiger partial charge < -0.3 is 9.80 Å². The third kappa shape index (κ3) is 4.21. The molecule has 0 radical (unpaired) electrons. The smallest absolute Gasteiger partial charge is 0.305 e. The molecule has 0 unspecified atom stereocenters. The van der Waals surface area contributed by atoms with E-state index < -0.39 is 11.7 Å². The Morgan fingerprint density at radius 3 is 2.53 bits per heavy atom. The zero-order valence-corrected chi connectivity index (χ0v) is 20.4. The van der Waals surface area contributed by atoms with Crippen LogP contribution in [0.4, 0.5) is 18.9 Å². The van der Waals surface area contributed by atoms with Gasteiger partial charge in [-0.2, -0.15) is 18.3 Å². The molecule has 0 atom stereocenters. The molecule has 36 heavy (non-hydrogen) atoms. The highest BCUT2D eigenvalue weighted by molar-refractivity contribution is 6.07. The average Bonchev–Trinajstić information content (AvgIpc) is 3.13. The maximum absolute atomic E-state index is 13.4. The molecule has 2 aromatic heterocycles. The third-order valence-electron chi connectivity index (χ3n) is 6.39. The van der Waals surface area contributed by atoms with Gasteiger partial charge in [-0.25, -0.2) is 9.97 Å². The summed E-state index contributed by atoms with van der Waals surface area (Å²) in [5.74, 6) is 0.318. The molecule has 2 aromatic carbocycles. The van der Waals surface area contributed by atoms with Crippen molar-refractivity contribution in [3.63, 3.8) is 0 Å². The van der Waals surface area contributed by atoms with Crippen molar-refractivity contribution < 1.29 is 18.0 Å². The summed E-state index contributed by atoms with van der Waals surface area (Å²) in [7, 11) is 3.94. The van der Waals surface area contributed by atoms with Crippen molar-refractivity contribution >= 4 is 22.5 Å². The Morgan fingerprint density at radius 1 is 1.06 bits per heavy atom. The first-order valence-corrected chi connectivity index (χ1v) is 11.5. The monoisotopic (exact) mass is 494 g/mol. The highest BCUT2D eigenvalue weighted by Crippen LogP contribution is 2.33. The summed E-state index contributed by atoms with van der Waals surface area (Å²) in [6, 6.07) is 9.01. The molecule has 0 saturated carbocycles. The van der Waals surface area contributed by atoms with Gasteiger partial charge in [-0.15, -0.1) is 0 Å². The number of amides is 1. The molecule has 5 rings (SSSR count). The number of aromatic nitrogens is 4. The summed E-state index contributed by atoms with van der Waals surface area (Å²) in [5.41, 5.74) is 4.48. The van der Waals surface area contributed by atoms with Crippen LogP contribution in [-0.4, -0.2) is 51.2 Å². The molecule has 10 heteroatoms. The van der Waals surface area contributed by atoms with Gasteiger partial charge in [0.05, 0.1) is 23.3 Å². The number of alkyl halides is 3. The van der Waals surface area contributed by atoms with Gasteiger partial charge in [-0.3, -0.25) is 9.48 Å². The lowest BCUT2D eigenvalue weighted by atomic mass is 10.1. The van der Waals surface area contributed by atoms with Crippen molar-refractivity contribution in [3.05, 3.63) is 70.7 Å². The molecule has 3 heterocycles. The van der Waals surface area contributed by atoms with Gasteiger partial charge in [0.15, 0.2) is 5.82 Å². The molecular weight excluding hydrogens is 469 g/mol. The van der Waals surface area contributed by atoms with E-state index in [0.717, 1.165) is 40.2 Å². The molecule has 4 aromatic rings. The standard InChI is InChI=1S/C26H25F3N6O/c1-15-11-17(24-30-13-18-12-19(26(27,28)29)6-7-20(18)31-24)5-8-22(15)34-9-10-35-23(25(34)36)16(2)21(32-35)14-33(3)4/h5-8,11-13H,9-10,14H2,1-4H3. The van der Waals surface area contributed by atoms with Crippen molar-refractivity contribution in [1.29, 1.82) is 0 Å². The lowest BCUT2D eigenvalue weighted by molar-refractivity contribution is -0.137. The van der Waals surface area contributed by atoms with E-state index in [4.69, 9.17) is 0 Å². The number of hydrogen-bond acceptors (Lipinski definition) is 5. The summed E-state index contributed by atoms with van der Waals surface area (Å²) in [5, 5.41) is 4.96. The number of nitrogens with zero attached hydrogens (tertiary/aromatic N) is 6. The van der Waals surface area contributed by atoms with Crippen LogP contribution >= 0.6 is 0 Å². The van der Waals surface area contributed by atoms with Gasteiger partial charge in [0.2, 0.25) is 0 Å². The number of aryl methyl sites for hydroxylation is 1. The van der Waals surface area contributed by atoms with Crippen LogP contribution in [0.5, 0.6) is 0 Å². The first-order chi connectivity index (χ1) is 17.0. The number of benzene rings is 2. The van der Waals surface area contributed by atoms with Crippen LogP contribution in [0.1, 0.15) is 32.9 Å². The molecular formula is C26H25F3N6O. The third-order valence-corrected chi connectivity index (χ3v) is 6.39. The quantitative estimate of drug-likeness (QED) is 0.406. The largest absolute Gasteiger partial charge is 0.416 e. The molecule has 1 aliphatic rings. The molecule has 0 aliphatic carbocycles. The molecule has 7 nitrogen and oxygen atoms in total. The van der Waals surface area contributed by atoms with Crippen LogP contribution in [0.15, 0.2) is 42.6 Å². The molecule has 0 spiro atoms. The number of anilines is 1. The van der Waals surface area contributed by atoms with E-state index in [1.165, 1.54) is 12.3 Å². The topological polar surface area (TPSA) is 67.2 Å². The van der Waals surface area contributed by atoms with Gasteiger partial charge in [0.1, 0.15) is 5.69 Å². The maximum atomic E-state index is 13.4. The highest BCUT2D eigenvalue weighted by atomic mass is 19.4. The van der Waals surface area contributed by atoms with Gasteiger partial charge in [0.25, 0.3) is 5.91 Å². The van der Waals surface area contributed by atoms with Crippen LogP contribution in [0.25, 0.3) is 22.3 Å². The fraction of sp³-hybridized carbons (Fsp3) is 0.308. The Bertz CT molecular complexity index is 1490. The van der Waals surface area contributed by atoms with Crippen molar-refractivity contribution in [3.8, 4) is 11.4 Å². The van der Waals surface area contributed by atoms with E-state index in [9.17, 15) is 18.0 Å². The zero-order valence-electron chi connectivity index (χ0n) is 20.4. The Labute approximate surface area is 206 Å². The zero-order chi connectivity index (χ0) is 25.8. The second-order valence-electron chi connectivity index (χ2n) is 9.30. The molecule has 0 fully saturated rings. The van der Waals surface area contributed by atoms with Gasteiger partial charge >= 0.3 is 6.18 Å². The number of carbonyl (C=O) groups is 1. The number of rotatable bonds is 4.